The van der Waals surface area contributed by atoms with Crippen LogP contribution in [0.3, 0.4) is 0 Å². The van der Waals surface area contributed by atoms with Crippen LogP contribution in [0.25, 0.3) is 6.20 Å². The highest BCUT2D eigenvalue weighted by Crippen LogP contribution is 2.19. The highest BCUT2D eigenvalue weighted by Gasteiger charge is 2.22. The van der Waals surface area contributed by atoms with Crippen LogP contribution in [-0.4, -0.2) is 31.8 Å². The summed E-state index contributed by atoms with van der Waals surface area (Å²) in [7, 11) is 0. The van der Waals surface area contributed by atoms with Gasteiger partial charge in [0, 0.05) is 25.0 Å². The van der Waals surface area contributed by atoms with E-state index in [0.29, 0.717) is 18.4 Å². The summed E-state index contributed by atoms with van der Waals surface area (Å²) in [5.41, 5.74) is 0.517. The normalized spacial score (nSPS) is 17.1. The predicted octanol–water partition coefficient (Wildman–Crippen LogP) is 0.116. The zero-order valence-electron chi connectivity index (χ0n) is 7.42. The number of aromatic nitrogens is 2. The second-order valence-electron chi connectivity index (χ2n) is 3.20. The number of imidazole rings is 1. The van der Waals surface area contributed by atoms with Crippen molar-refractivity contribution in [2.24, 2.45) is 0 Å². The van der Waals surface area contributed by atoms with Gasteiger partial charge < -0.3 is 14.8 Å². The van der Waals surface area contributed by atoms with E-state index in [1.165, 1.54) is 0 Å². The van der Waals surface area contributed by atoms with Gasteiger partial charge in [-0.25, -0.2) is 9.78 Å². The maximum absolute atomic E-state index is 10.5. The molecule has 2 N–H and O–H groups in total. The van der Waals surface area contributed by atoms with Crippen molar-refractivity contribution in [1.82, 2.24) is 9.55 Å². The number of aliphatic hydroxyl groups is 1. The van der Waals surface area contributed by atoms with Crippen molar-refractivity contribution in [3.05, 3.63) is 23.8 Å². The number of carbonyl (C=O) groups is 1. The number of carboxylic acid groups (broad SMARTS) is 1. The van der Waals surface area contributed by atoms with Crippen LogP contribution in [0.1, 0.15) is 12.2 Å². The molecule has 1 unspecified atom stereocenters. The number of rotatable bonds is 2. The molecule has 0 fully saturated rings. The van der Waals surface area contributed by atoms with E-state index in [0.717, 1.165) is 5.82 Å². The van der Waals surface area contributed by atoms with E-state index < -0.39 is 12.1 Å². The summed E-state index contributed by atoms with van der Waals surface area (Å²) in [6.07, 6.45) is 4.84. The lowest BCUT2D eigenvalue weighted by Gasteiger charge is -2.16. The third kappa shape index (κ3) is 1.42. The second kappa shape index (κ2) is 3.26. The van der Waals surface area contributed by atoms with Crippen molar-refractivity contribution in [2.45, 2.75) is 18.9 Å². The molecule has 1 atom stereocenters. The lowest BCUT2D eigenvalue weighted by Crippen LogP contribution is -2.24. The third-order valence-corrected chi connectivity index (χ3v) is 2.28. The monoisotopic (exact) mass is 194 g/mol. The van der Waals surface area contributed by atoms with Gasteiger partial charge in [-0.3, -0.25) is 0 Å². The molecule has 2 heterocycles. The SMILES string of the molecule is O=C(O)C(O)C1=Cn2ccnc2CC1. The second-order valence-corrected chi connectivity index (χ2v) is 3.20. The van der Waals surface area contributed by atoms with Gasteiger partial charge in [0.25, 0.3) is 0 Å². The molecule has 0 amide bonds. The fraction of sp³-hybridized carbons (Fsp3) is 0.333. The molecule has 14 heavy (non-hydrogen) atoms. The lowest BCUT2D eigenvalue weighted by molar-refractivity contribution is -0.144. The number of fused-ring (bicyclic) bond motifs is 1. The first kappa shape index (κ1) is 8.96. The number of nitrogens with zero attached hydrogens (tertiary/aromatic N) is 2. The first-order valence-electron chi connectivity index (χ1n) is 4.31. The van der Waals surface area contributed by atoms with Gasteiger partial charge in [0.2, 0.25) is 0 Å². The quantitative estimate of drug-likeness (QED) is 0.701. The minimum atomic E-state index is -1.40. The van der Waals surface area contributed by atoms with Gasteiger partial charge in [-0.05, 0) is 12.0 Å². The topological polar surface area (TPSA) is 75.3 Å². The largest absolute Gasteiger partial charge is 0.479 e. The highest BCUT2D eigenvalue weighted by atomic mass is 16.4. The Balaban J connectivity index is 2.29. The average molecular weight is 194 g/mol. The maximum atomic E-state index is 10.5. The summed E-state index contributed by atoms with van der Waals surface area (Å²) in [6, 6.07) is 0. The molecule has 0 aromatic carbocycles. The fourth-order valence-electron chi connectivity index (χ4n) is 1.52. The van der Waals surface area contributed by atoms with Gasteiger partial charge >= 0.3 is 5.97 Å². The third-order valence-electron chi connectivity index (χ3n) is 2.28. The van der Waals surface area contributed by atoms with Crippen LogP contribution < -0.4 is 0 Å². The van der Waals surface area contributed by atoms with E-state index in [2.05, 4.69) is 4.98 Å². The van der Waals surface area contributed by atoms with E-state index in [1.807, 2.05) is 0 Å². The molecule has 0 saturated heterocycles. The van der Waals surface area contributed by atoms with E-state index in [9.17, 15) is 9.90 Å². The standard InChI is InChI=1S/C9H10N2O3/c12-8(9(13)14)6-1-2-7-10-3-4-11(7)5-6/h3-5,8,12H,1-2H2,(H,13,14). The predicted molar refractivity (Wildman–Crippen MR) is 48.5 cm³/mol. The zero-order valence-corrected chi connectivity index (χ0v) is 7.42. The van der Waals surface area contributed by atoms with E-state index in [-0.39, 0.29) is 0 Å². The van der Waals surface area contributed by atoms with Gasteiger partial charge in [-0.2, -0.15) is 0 Å². The highest BCUT2D eigenvalue weighted by molar-refractivity contribution is 5.77. The van der Waals surface area contributed by atoms with Gasteiger partial charge in [0.1, 0.15) is 5.82 Å². The minimum absolute atomic E-state index is 0.517. The molecule has 1 aliphatic rings. The number of hydrogen-bond acceptors (Lipinski definition) is 3. The van der Waals surface area contributed by atoms with Crippen LogP contribution >= 0.6 is 0 Å². The Hall–Kier alpha value is -1.62. The molecule has 0 saturated carbocycles. The summed E-state index contributed by atoms with van der Waals surface area (Å²) in [5.74, 6) is -0.314. The van der Waals surface area contributed by atoms with E-state index in [4.69, 9.17) is 5.11 Å². The molecule has 0 radical (unpaired) electrons. The van der Waals surface area contributed by atoms with E-state index >= 15 is 0 Å². The Labute approximate surface area is 80.3 Å². The van der Waals surface area contributed by atoms with Gasteiger partial charge in [-0.15, -0.1) is 0 Å². The van der Waals surface area contributed by atoms with Gasteiger partial charge in [-0.1, -0.05) is 0 Å². The molecule has 0 spiro atoms. The molecule has 0 bridgehead atoms. The summed E-state index contributed by atoms with van der Waals surface area (Å²) in [4.78, 5) is 14.6. The molecule has 5 nitrogen and oxygen atoms in total. The molecule has 1 aliphatic heterocycles. The number of aliphatic hydroxyl groups excluding tert-OH is 1. The number of aryl methyl sites for hydroxylation is 1. The van der Waals surface area contributed by atoms with Crippen LogP contribution in [0, 0.1) is 0 Å². The summed E-state index contributed by atoms with van der Waals surface area (Å²) in [5, 5.41) is 17.9. The van der Waals surface area contributed by atoms with E-state index in [1.54, 1.807) is 23.2 Å². The van der Waals surface area contributed by atoms with Crippen molar-refractivity contribution in [3.63, 3.8) is 0 Å². The van der Waals surface area contributed by atoms with Crippen LogP contribution in [0.5, 0.6) is 0 Å². The average Bonchev–Trinajstić information content (AvgIpc) is 2.62. The molecular formula is C9H10N2O3. The maximum Gasteiger partial charge on any atom is 0.336 e. The van der Waals surface area contributed by atoms with Crippen LogP contribution in [0.2, 0.25) is 0 Å². The van der Waals surface area contributed by atoms with Gasteiger partial charge in [0.05, 0.1) is 0 Å². The molecular weight excluding hydrogens is 184 g/mol. The Morgan fingerprint density at radius 3 is 3.07 bits per heavy atom. The number of hydrogen-bond donors (Lipinski definition) is 2. The summed E-state index contributed by atoms with van der Waals surface area (Å²) >= 11 is 0. The smallest absolute Gasteiger partial charge is 0.336 e. The van der Waals surface area contributed by atoms with Crippen molar-refractivity contribution in [2.75, 3.05) is 0 Å². The zero-order chi connectivity index (χ0) is 10.1. The summed E-state index contributed by atoms with van der Waals surface area (Å²) in [6.45, 7) is 0. The Morgan fingerprint density at radius 2 is 2.36 bits per heavy atom. The molecule has 1 aromatic rings. The Bertz CT molecular complexity index is 395. The Kier molecular flexibility index (Phi) is 2.09. The van der Waals surface area contributed by atoms with Crippen molar-refractivity contribution in [1.29, 1.82) is 0 Å². The van der Waals surface area contributed by atoms with Crippen LogP contribution in [-0.2, 0) is 11.2 Å². The van der Waals surface area contributed by atoms with Crippen LogP contribution in [0.15, 0.2) is 18.0 Å². The number of carboxylic acids is 1. The summed E-state index contributed by atoms with van der Waals surface area (Å²) < 4.78 is 1.74. The number of aliphatic carboxylic acids is 1. The Morgan fingerprint density at radius 1 is 1.57 bits per heavy atom. The van der Waals surface area contributed by atoms with Crippen LogP contribution in [0.4, 0.5) is 0 Å². The first-order valence-corrected chi connectivity index (χ1v) is 4.31. The molecule has 5 heteroatoms. The van der Waals surface area contributed by atoms with Crippen molar-refractivity contribution >= 4 is 12.2 Å². The minimum Gasteiger partial charge on any atom is -0.479 e. The molecule has 74 valence electrons. The molecule has 0 aliphatic carbocycles. The molecule has 2 rings (SSSR count). The first-order chi connectivity index (χ1) is 6.68. The molecule has 1 aromatic heterocycles. The van der Waals surface area contributed by atoms with Crippen molar-refractivity contribution < 1.29 is 15.0 Å². The lowest BCUT2D eigenvalue weighted by atomic mass is 10.0. The van der Waals surface area contributed by atoms with Crippen molar-refractivity contribution in [3.8, 4) is 0 Å². The van der Waals surface area contributed by atoms with Gasteiger partial charge in [0.15, 0.2) is 6.10 Å². The fourth-order valence-corrected chi connectivity index (χ4v) is 1.52.